The van der Waals surface area contributed by atoms with Crippen LogP contribution in [0.15, 0.2) is 11.1 Å². The summed E-state index contributed by atoms with van der Waals surface area (Å²) in [7, 11) is 0. The first-order valence-corrected chi connectivity index (χ1v) is 5.95. The summed E-state index contributed by atoms with van der Waals surface area (Å²) >= 11 is 0. The molecule has 0 aromatic carbocycles. The summed E-state index contributed by atoms with van der Waals surface area (Å²) in [6, 6.07) is 0. The third-order valence-corrected chi connectivity index (χ3v) is 2.86. The van der Waals surface area contributed by atoms with Crippen molar-refractivity contribution >= 4 is 6.09 Å². The Hall–Kier alpha value is -1.11. The van der Waals surface area contributed by atoms with E-state index in [1.165, 1.54) is 0 Å². The average molecular weight is 258 g/mol. The number of rotatable bonds is 3. The van der Waals surface area contributed by atoms with E-state index in [2.05, 4.69) is 5.32 Å². The monoisotopic (exact) mass is 258 g/mol. The smallest absolute Gasteiger partial charge is 0.409 e. The van der Waals surface area contributed by atoms with Crippen LogP contribution in [-0.4, -0.2) is 40.8 Å². The van der Waals surface area contributed by atoms with E-state index in [9.17, 15) is 9.90 Å². The predicted octanol–water partition coefficient (Wildman–Crippen LogP) is 0.241. The first-order chi connectivity index (χ1) is 8.22. The van der Waals surface area contributed by atoms with Gasteiger partial charge in [0.25, 0.3) is 0 Å². The van der Waals surface area contributed by atoms with Gasteiger partial charge in [-0.15, -0.1) is 0 Å². The van der Waals surface area contributed by atoms with Gasteiger partial charge in [-0.25, -0.2) is 4.79 Å². The zero-order chi connectivity index (χ0) is 14.0. The molecule has 0 heterocycles. The number of amides is 1. The Morgan fingerprint density at radius 1 is 1.44 bits per heavy atom. The molecule has 1 amide bonds. The molecule has 0 saturated carbocycles. The van der Waals surface area contributed by atoms with Gasteiger partial charge >= 0.3 is 6.09 Å². The Morgan fingerprint density at radius 3 is 2.50 bits per heavy atom. The second-order valence-corrected chi connectivity index (χ2v) is 5.50. The molecule has 5 N–H and O–H groups in total. The lowest BCUT2D eigenvalue weighted by Crippen LogP contribution is -2.57. The number of carbonyl (C=O) groups is 1. The number of carbonyl (C=O) groups excluding carboxylic acids is 1. The van der Waals surface area contributed by atoms with E-state index in [0.717, 1.165) is 0 Å². The molecule has 0 radical (unpaired) electrons. The van der Waals surface area contributed by atoms with Crippen molar-refractivity contribution in [2.24, 2.45) is 5.73 Å². The number of ether oxygens (including phenoxy) is 1. The molecule has 1 atom stereocenters. The molecule has 6 heteroatoms. The molecular weight excluding hydrogens is 236 g/mol. The first kappa shape index (κ1) is 14.9. The number of alkyl carbamates (subject to hydrolysis) is 1. The van der Waals surface area contributed by atoms with Crippen molar-refractivity contribution in [2.45, 2.75) is 44.9 Å². The Balaban J connectivity index is 2.77. The van der Waals surface area contributed by atoms with E-state index >= 15 is 0 Å². The summed E-state index contributed by atoms with van der Waals surface area (Å²) in [5.74, 6) is 0. The Kier molecular flexibility index (Phi) is 4.37. The van der Waals surface area contributed by atoms with Crippen molar-refractivity contribution in [3.05, 3.63) is 11.1 Å². The quantitative estimate of drug-likeness (QED) is 0.429. The van der Waals surface area contributed by atoms with Crippen LogP contribution in [0.4, 0.5) is 4.79 Å². The summed E-state index contributed by atoms with van der Waals surface area (Å²) in [4.78, 5) is 11.7. The van der Waals surface area contributed by atoms with E-state index < -0.39 is 17.4 Å². The third-order valence-electron chi connectivity index (χ3n) is 2.86. The van der Waals surface area contributed by atoms with Crippen LogP contribution in [-0.2, 0) is 4.74 Å². The number of nitrogens with two attached hydrogens (primary N) is 1. The molecule has 0 bridgehead atoms. The highest BCUT2D eigenvalue weighted by molar-refractivity contribution is 5.70. The van der Waals surface area contributed by atoms with E-state index in [4.69, 9.17) is 15.6 Å². The zero-order valence-corrected chi connectivity index (χ0v) is 11.1. The highest BCUT2D eigenvalue weighted by Crippen LogP contribution is 2.31. The zero-order valence-electron chi connectivity index (χ0n) is 11.1. The molecule has 1 aliphatic rings. The van der Waals surface area contributed by atoms with Crippen molar-refractivity contribution in [1.82, 2.24) is 5.32 Å². The standard InChI is InChI=1S/C12H22N2O4/c1-11(2,3)18-10(17)14-12(13)5-4-8(6-15)9(12)7-16/h15-16H,4-7,13H2,1-3H3,(H,14,17). The van der Waals surface area contributed by atoms with Crippen molar-refractivity contribution in [3.8, 4) is 0 Å². The summed E-state index contributed by atoms with van der Waals surface area (Å²) < 4.78 is 5.13. The highest BCUT2D eigenvalue weighted by atomic mass is 16.6. The van der Waals surface area contributed by atoms with E-state index in [1.807, 2.05) is 0 Å². The van der Waals surface area contributed by atoms with Gasteiger partial charge in [0.2, 0.25) is 0 Å². The number of hydrogen-bond donors (Lipinski definition) is 4. The van der Waals surface area contributed by atoms with Gasteiger partial charge in [0.15, 0.2) is 0 Å². The summed E-state index contributed by atoms with van der Waals surface area (Å²) in [6.07, 6.45) is 0.367. The topological polar surface area (TPSA) is 105 Å². The second-order valence-electron chi connectivity index (χ2n) is 5.50. The van der Waals surface area contributed by atoms with Crippen molar-refractivity contribution < 1.29 is 19.7 Å². The van der Waals surface area contributed by atoms with Crippen LogP contribution in [0.3, 0.4) is 0 Å². The van der Waals surface area contributed by atoms with E-state index in [1.54, 1.807) is 20.8 Å². The van der Waals surface area contributed by atoms with Crippen molar-refractivity contribution in [2.75, 3.05) is 13.2 Å². The summed E-state index contributed by atoms with van der Waals surface area (Å²) in [6.45, 7) is 4.82. The molecule has 0 saturated heterocycles. The Morgan fingerprint density at radius 2 is 2.06 bits per heavy atom. The lowest BCUT2D eigenvalue weighted by atomic mass is 10.0. The molecule has 1 unspecified atom stereocenters. The largest absolute Gasteiger partial charge is 0.444 e. The van der Waals surface area contributed by atoms with Crippen molar-refractivity contribution in [1.29, 1.82) is 0 Å². The second kappa shape index (κ2) is 5.26. The van der Waals surface area contributed by atoms with Gasteiger partial charge in [0.1, 0.15) is 11.3 Å². The first-order valence-electron chi connectivity index (χ1n) is 5.95. The van der Waals surface area contributed by atoms with Crippen molar-refractivity contribution in [3.63, 3.8) is 0 Å². The number of aliphatic hydroxyl groups excluding tert-OH is 2. The molecular formula is C12H22N2O4. The molecule has 0 aromatic heterocycles. The molecule has 0 aromatic rings. The van der Waals surface area contributed by atoms with Gasteiger partial charge in [-0.1, -0.05) is 0 Å². The molecule has 1 rings (SSSR count). The van der Waals surface area contributed by atoms with E-state index in [-0.39, 0.29) is 13.2 Å². The number of aliphatic hydroxyl groups is 2. The Labute approximate surface area is 107 Å². The molecule has 0 aliphatic heterocycles. The van der Waals surface area contributed by atoms with Gasteiger partial charge in [0.05, 0.1) is 13.2 Å². The minimum atomic E-state index is -1.13. The van der Waals surface area contributed by atoms with Gasteiger partial charge in [-0.05, 0) is 44.8 Å². The maximum atomic E-state index is 11.7. The highest BCUT2D eigenvalue weighted by Gasteiger charge is 2.39. The molecule has 104 valence electrons. The van der Waals surface area contributed by atoms with Gasteiger partial charge < -0.3 is 20.7 Å². The average Bonchev–Trinajstić information content (AvgIpc) is 2.51. The molecule has 0 spiro atoms. The van der Waals surface area contributed by atoms with Gasteiger partial charge in [0, 0.05) is 0 Å². The molecule has 18 heavy (non-hydrogen) atoms. The van der Waals surface area contributed by atoms with E-state index in [0.29, 0.717) is 24.0 Å². The maximum Gasteiger partial charge on any atom is 0.409 e. The normalized spacial score (nSPS) is 24.3. The fourth-order valence-corrected chi connectivity index (χ4v) is 2.02. The van der Waals surface area contributed by atoms with Crippen LogP contribution in [0.5, 0.6) is 0 Å². The van der Waals surface area contributed by atoms with Crippen LogP contribution in [0, 0.1) is 0 Å². The van der Waals surface area contributed by atoms with Crippen LogP contribution in [0.2, 0.25) is 0 Å². The minimum absolute atomic E-state index is 0.162. The lowest BCUT2D eigenvalue weighted by molar-refractivity contribution is 0.0470. The maximum absolute atomic E-state index is 11.7. The Bertz CT molecular complexity index is 360. The number of hydrogen-bond acceptors (Lipinski definition) is 5. The molecule has 6 nitrogen and oxygen atoms in total. The fourth-order valence-electron chi connectivity index (χ4n) is 2.02. The van der Waals surface area contributed by atoms with Crippen LogP contribution < -0.4 is 11.1 Å². The minimum Gasteiger partial charge on any atom is -0.444 e. The van der Waals surface area contributed by atoms with Crippen LogP contribution in [0.25, 0.3) is 0 Å². The third kappa shape index (κ3) is 3.44. The summed E-state index contributed by atoms with van der Waals surface area (Å²) in [5.41, 5.74) is 5.46. The SMILES string of the molecule is CC(C)(C)OC(=O)NC1(N)CCC(CO)=C1CO. The van der Waals surface area contributed by atoms with Crippen LogP contribution in [0.1, 0.15) is 33.6 Å². The molecule has 1 aliphatic carbocycles. The fraction of sp³-hybridized carbons (Fsp3) is 0.750. The van der Waals surface area contributed by atoms with Gasteiger partial charge in [-0.2, -0.15) is 0 Å². The predicted molar refractivity (Wildman–Crippen MR) is 66.7 cm³/mol. The lowest BCUT2D eigenvalue weighted by Gasteiger charge is -2.30. The number of nitrogens with one attached hydrogen (secondary N) is 1. The summed E-state index contributed by atoms with van der Waals surface area (Å²) in [5, 5.41) is 21.0. The molecule has 0 fully saturated rings. The van der Waals surface area contributed by atoms with Gasteiger partial charge in [-0.3, -0.25) is 5.32 Å². The van der Waals surface area contributed by atoms with Crippen LogP contribution >= 0.6 is 0 Å².